The standard InChI is InChI=1S/C25H26N6O2/c1-17-23(29-30-31(17)21-11-5-7-19-8-6-13-27-24(19)21)25(32)28-16-18-12-14-26-22(15-18)33-20-9-3-2-4-10-20/h5-8,11-15,20H,2-4,9-10,16H2,1H3,(H,28,32). The number of fused-ring (bicyclic) bond motifs is 1. The van der Waals surface area contributed by atoms with Crippen LogP contribution < -0.4 is 10.1 Å². The summed E-state index contributed by atoms with van der Waals surface area (Å²) in [4.78, 5) is 21.7. The monoisotopic (exact) mass is 442 g/mol. The molecule has 3 aromatic heterocycles. The summed E-state index contributed by atoms with van der Waals surface area (Å²) in [6, 6.07) is 13.5. The van der Waals surface area contributed by atoms with E-state index in [-0.39, 0.29) is 17.7 Å². The van der Waals surface area contributed by atoms with Gasteiger partial charge in [-0.05, 0) is 56.4 Å². The van der Waals surface area contributed by atoms with Crippen LogP contribution in [0.5, 0.6) is 5.88 Å². The number of hydrogen-bond donors (Lipinski definition) is 1. The topological polar surface area (TPSA) is 94.8 Å². The van der Waals surface area contributed by atoms with Crippen molar-refractivity contribution in [3.05, 3.63) is 71.8 Å². The summed E-state index contributed by atoms with van der Waals surface area (Å²) >= 11 is 0. The minimum atomic E-state index is -0.279. The van der Waals surface area contributed by atoms with E-state index in [0.717, 1.165) is 35.0 Å². The van der Waals surface area contributed by atoms with Crippen LogP contribution >= 0.6 is 0 Å². The normalized spacial score (nSPS) is 14.3. The molecule has 1 aromatic carbocycles. The number of hydrogen-bond acceptors (Lipinski definition) is 6. The molecule has 1 fully saturated rings. The van der Waals surface area contributed by atoms with Gasteiger partial charge >= 0.3 is 0 Å². The lowest BCUT2D eigenvalue weighted by Gasteiger charge is -2.22. The largest absolute Gasteiger partial charge is 0.474 e. The maximum absolute atomic E-state index is 12.9. The smallest absolute Gasteiger partial charge is 0.274 e. The Morgan fingerprint density at radius 3 is 2.82 bits per heavy atom. The molecule has 0 aliphatic heterocycles. The highest BCUT2D eigenvalue weighted by molar-refractivity contribution is 5.93. The molecule has 168 valence electrons. The Balaban J connectivity index is 1.28. The van der Waals surface area contributed by atoms with Gasteiger partial charge in [0.25, 0.3) is 5.91 Å². The molecule has 0 radical (unpaired) electrons. The van der Waals surface area contributed by atoms with E-state index in [1.165, 1.54) is 19.3 Å². The van der Waals surface area contributed by atoms with Crippen molar-refractivity contribution in [3.8, 4) is 11.6 Å². The van der Waals surface area contributed by atoms with Crippen molar-refractivity contribution in [1.82, 2.24) is 30.3 Å². The highest BCUT2D eigenvalue weighted by atomic mass is 16.5. The molecule has 0 saturated heterocycles. The van der Waals surface area contributed by atoms with E-state index in [4.69, 9.17) is 4.74 Å². The molecule has 1 saturated carbocycles. The summed E-state index contributed by atoms with van der Waals surface area (Å²) in [5, 5.41) is 12.3. The molecule has 0 unspecified atom stereocenters. The summed E-state index contributed by atoms with van der Waals surface area (Å²) in [7, 11) is 0. The van der Waals surface area contributed by atoms with E-state index < -0.39 is 0 Å². The summed E-state index contributed by atoms with van der Waals surface area (Å²) in [6.07, 6.45) is 9.53. The molecule has 5 rings (SSSR count). The quantitative estimate of drug-likeness (QED) is 0.482. The van der Waals surface area contributed by atoms with Crippen molar-refractivity contribution in [1.29, 1.82) is 0 Å². The first kappa shape index (κ1) is 21.1. The predicted octanol–water partition coefficient (Wildman–Crippen LogP) is 4.16. The molecule has 0 spiro atoms. The second-order valence-electron chi connectivity index (χ2n) is 8.35. The van der Waals surface area contributed by atoms with Gasteiger partial charge in [0.2, 0.25) is 5.88 Å². The first-order valence-electron chi connectivity index (χ1n) is 11.4. The number of ether oxygens (including phenoxy) is 1. The van der Waals surface area contributed by atoms with Crippen LogP contribution in [0.25, 0.3) is 16.6 Å². The molecule has 1 aliphatic carbocycles. The van der Waals surface area contributed by atoms with Crippen molar-refractivity contribution < 1.29 is 9.53 Å². The zero-order valence-electron chi connectivity index (χ0n) is 18.6. The minimum absolute atomic E-state index is 0.234. The Hall–Kier alpha value is -3.81. The second-order valence-corrected chi connectivity index (χ2v) is 8.35. The number of carbonyl (C=O) groups excluding carboxylic acids is 1. The number of para-hydroxylation sites is 1. The Kier molecular flexibility index (Phi) is 5.97. The lowest BCUT2D eigenvalue weighted by atomic mass is 9.98. The molecule has 0 bridgehead atoms. The van der Waals surface area contributed by atoms with Crippen molar-refractivity contribution >= 4 is 16.8 Å². The van der Waals surface area contributed by atoms with Crippen molar-refractivity contribution in [2.75, 3.05) is 0 Å². The van der Waals surface area contributed by atoms with E-state index in [2.05, 4.69) is 25.6 Å². The third kappa shape index (κ3) is 4.55. The maximum Gasteiger partial charge on any atom is 0.274 e. The average Bonchev–Trinajstić information content (AvgIpc) is 3.24. The summed E-state index contributed by atoms with van der Waals surface area (Å²) in [5.41, 5.74) is 3.46. The number of nitrogens with one attached hydrogen (secondary N) is 1. The van der Waals surface area contributed by atoms with Crippen LogP contribution in [-0.2, 0) is 6.54 Å². The average molecular weight is 443 g/mol. The summed E-state index contributed by atoms with van der Waals surface area (Å²) in [6.45, 7) is 2.18. The molecular formula is C25H26N6O2. The summed E-state index contributed by atoms with van der Waals surface area (Å²) < 4.78 is 7.70. The molecule has 33 heavy (non-hydrogen) atoms. The number of aromatic nitrogens is 5. The van der Waals surface area contributed by atoms with E-state index in [1.54, 1.807) is 17.1 Å². The molecule has 3 heterocycles. The fourth-order valence-corrected chi connectivity index (χ4v) is 4.27. The maximum atomic E-state index is 12.9. The molecule has 8 nitrogen and oxygen atoms in total. The Morgan fingerprint density at radius 2 is 1.94 bits per heavy atom. The molecule has 1 N–H and O–H groups in total. The predicted molar refractivity (Wildman–Crippen MR) is 124 cm³/mol. The van der Waals surface area contributed by atoms with Gasteiger partial charge in [-0.3, -0.25) is 9.78 Å². The molecule has 0 atom stereocenters. The zero-order valence-corrected chi connectivity index (χ0v) is 18.6. The first-order valence-corrected chi connectivity index (χ1v) is 11.4. The van der Waals surface area contributed by atoms with Gasteiger partial charge in [-0.25, -0.2) is 9.67 Å². The summed E-state index contributed by atoms with van der Waals surface area (Å²) in [5.74, 6) is 0.331. The van der Waals surface area contributed by atoms with Crippen LogP contribution in [0.4, 0.5) is 0 Å². The minimum Gasteiger partial charge on any atom is -0.474 e. The van der Waals surface area contributed by atoms with Gasteiger partial charge in [0, 0.05) is 30.4 Å². The van der Waals surface area contributed by atoms with Crippen LogP contribution in [0, 0.1) is 6.92 Å². The van der Waals surface area contributed by atoms with Gasteiger partial charge in [0.15, 0.2) is 5.69 Å². The van der Waals surface area contributed by atoms with E-state index in [9.17, 15) is 4.79 Å². The van der Waals surface area contributed by atoms with Crippen LogP contribution in [0.2, 0.25) is 0 Å². The zero-order chi connectivity index (χ0) is 22.6. The second kappa shape index (κ2) is 9.36. The number of benzene rings is 1. The Morgan fingerprint density at radius 1 is 1.09 bits per heavy atom. The van der Waals surface area contributed by atoms with E-state index in [1.807, 2.05) is 49.4 Å². The van der Waals surface area contributed by atoms with Crippen LogP contribution in [0.15, 0.2) is 54.9 Å². The number of pyridine rings is 2. The first-order chi connectivity index (χ1) is 16.2. The van der Waals surface area contributed by atoms with Gasteiger partial charge in [0.1, 0.15) is 6.10 Å². The SMILES string of the molecule is Cc1c(C(=O)NCc2ccnc(OC3CCCCC3)c2)nnn1-c1cccc2cccnc12. The van der Waals surface area contributed by atoms with Gasteiger partial charge in [0.05, 0.1) is 16.9 Å². The lowest BCUT2D eigenvalue weighted by molar-refractivity contribution is 0.0945. The molecule has 4 aromatic rings. The molecule has 8 heteroatoms. The Labute approximate surface area is 192 Å². The fourth-order valence-electron chi connectivity index (χ4n) is 4.27. The molecular weight excluding hydrogens is 416 g/mol. The number of carbonyl (C=O) groups is 1. The number of rotatable bonds is 6. The number of nitrogens with zero attached hydrogens (tertiary/aromatic N) is 5. The van der Waals surface area contributed by atoms with Crippen LogP contribution in [0.1, 0.15) is 53.8 Å². The molecule has 1 amide bonds. The van der Waals surface area contributed by atoms with Gasteiger partial charge in [-0.1, -0.05) is 29.8 Å². The lowest BCUT2D eigenvalue weighted by Crippen LogP contribution is -2.24. The van der Waals surface area contributed by atoms with Crippen molar-refractivity contribution in [3.63, 3.8) is 0 Å². The highest BCUT2D eigenvalue weighted by Gasteiger charge is 2.19. The van der Waals surface area contributed by atoms with Crippen molar-refractivity contribution in [2.24, 2.45) is 0 Å². The Bertz CT molecular complexity index is 1270. The highest BCUT2D eigenvalue weighted by Crippen LogP contribution is 2.23. The third-order valence-corrected chi connectivity index (χ3v) is 6.04. The molecule has 1 aliphatic rings. The van der Waals surface area contributed by atoms with E-state index >= 15 is 0 Å². The van der Waals surface area contributed by atoms with Gasteiger partial charge in [-0.2, -0.15) is 0 Å². The van der Waals surface area contributed by atoms with Gasteiger partial charge < -0.3 is 10.1 Å². The third-order valence-electron chi connectivity index (χ3n) is 6.04. The fraction of sp³-hybridized carbons (Fsp3) is 0.320. The van der Waals surface area contributed by atoms with E-state index in [0.29, 0.717) is 18.1 Å². The van der Waals surface area contributed by atoms with Crippen LogP contribution in [0.3, 0.4) is 0 Å². The number of amides is 1. The van der Waals surface area contributed by atoms with Gasteiger partial charge in [-0.15, -0.1) is 5.10 Å². The van der Waals surface area contributed by atoms with Crippen molar-refractivity contribution in [2.45, 2.75) is 51.7 Å². The van der Waals surface area contributed by atoms with Crippen LogP contribution in [-0.4, -0.2) is 37.0 Å².